The third-order valence-electron chi connectivity index (χ3n) is 6.05. The van der Waals surface area contributed by atoms with Crippen molar-refractivity contribution < 1.29 is 29.3 Å². The molecule has 2 heterocycles. The molecular formula is C25H30N2O6. The topological polar surface area (TPSA) is 125 Å². The highest BCUT2D eigenvalue weighted by molar-refractivity contribution is 5.91. The Labute approximate surface area is 192 Å². The molecule has 8 heteroatoms. The Morgan fingerprint density at radius 1 is 0.818 bits per heavy atom. The molecule has 0 bridgehead atoms. The zero-order chi connectivity index (χ0) is 24.1. The Morgan fingerprint density at radius 3 is 1.61 bits per heavy atom. The minimum Gasteiger partial charge on any atom is -0.464 e. The SMILES string of the molecule is COC(=O)c1[nH]c(C(c2ccccc2)c2[nH]c(C(=O)OC)c(CCO)c2C)c(C)c1CCO. The van der Waals surface area contributed by atoms with Crippen LogP contribution in [0.4, 0.5) is 0 Å². The molecule has 4 N–H and O–H groups in total. The van der Waals surface area contributed by atoms with E-state index < -0.39 is 11.9 Å². The standard InChI is InChI=1S/C25H30N2O6/c1-14-17(10-12-28)22(24(30)32-3)26-20(14)19(16-8-6-5-7-9-16)21-15(2)18(11-13-29)23(27-21)25(31)33-4/h5-9,19,26-29H,10-13H2,1-4H3. The average Bonchev–Trinajstić information content (AvgIpc) is 3.32. The number of aromatic amines is 2. The maximum atomic E-state index is 12.5. The van der Waals surface area contributed by atoms with E-state index in [9.17, 15) is 19.8 Å². The number of aliphatic hydroxyl groups is 2. The predicted molar refractivity (Wildman–Crippen MR) is 123 cm³/mol. The van der Waals surface area contributed by atoms with Crippen LogP contribution >= 0.6 is 0 Å². The highest BCUT2D eigenvalue weighted by Crippen LogP contribution is 2.38. The molecule has 0 atom stereocenters. The third-order valence-corrected chi connectivity index (χ3v) is 6.05. The van der Waals surface area contributed by atoms with Gasteiger partial charge in [0, 0.05) is 24.6 Å². The predicted octanol–water partition coefficient (Wildman–Crippen LogP) is 2.78. The number of esters is 2. The fourth-order valence-electron chi connectivity index (χ4n) is 4.41. The quantitative estimate of drug-likeness (QED) is 0.369. The van der Waals surface area contributed by atoms with Crippen molar-refractivity contribution in [2.45, 2.75) is 32.6 Å². The molecule has 0 saturated carbocycles. The Morgan fingerprint density at radius 2 is 1.24 bits per heavy atom. The third kappa shape index (κ3) is 4.58. The molecule has 33 heavy (non-hydrogen) atoms. The molecule has 0 aliphatic rings. The van der Waals surface area contributed by atoms with Crippen LogP contribution in [0.3, 0.4) is 0 Å². The van der Waals surface area contributed by atoms with Gasteiger partial charge in [0.15, 0.2) is 0 Å². The van der Waals surface area contributed by atoms with Crippen molar-refractivity contribution in [3.8, 4) is 0 Å². The smallest absolute Gasteiger partial charge is 0.354 e. The molecule has 2 aromatic heterocycles. The fourth-order valence-corrected chi connectivity index (χ4v) is 4.41. The fraction of sp³-hybridized carbons (Fsp3) is 0.360. The number of benzene rings is 1. The zero-order valence-corrected chi connectivity index (χ0v) is 19.3. The zero-order valence-electron chi connectivity index (χ0n) is 19.3. The second-order valence-electron chi connectivity index (χ2n) is 7.81. The minimum atomic E-state index is -0.515. The summed E-state index contributed by atoms with van der Waals surface area (Å²) in [6.45, 7) is 3.56. The van der Waals surface area contributed by atoms with Gasteiger partial charge in [-0.3, -0.25) is 0 Å². The normalized spacial score (nSPS) is 11.1. The van der Waals surface area contributed by atoms with Gasteiger partial charge in [0.05, 0.1) is 20.1 Å². The summed E-state index contributed by atoms with van der Waals surface area (Å²) < 4.78 is 9.92. The van der Waals surface area contributed by atoms with Gasteiger partial charge < -0.3 is 29.7 Å². The summed E-state index contributed by atoms with van der Waals surface area (Å²) in [5, 5.41) is 19.2. The van der Waals surface area contributed by atoms with Crippen molar-refractivity contribution in [1.29, 1.82) is 0 Å². The number of carbonyl (C=O) groups excluding carboxylic acids is 2. The molecular weight excluding hydrogens is 424 g/mol. The number of H-pyrrole nitrogens is 2. The molecule has 0 radical (unpaired) electrons. The molecule has 1 aromatic carbocycles. The lowest BCUT2D eigenvalue weighted by Crippen LogP contribution is -2.09. The second-order valence-corrected chi connectivity index (χ2v) is 7.81. The summed E-state index contributed by atoms with van der Waals surface area (Å²) in [4.78, 5) is 31.4. The number of aliphatic hydroxyl groups excluding tert-OH is 2. The molecule has 176 valence electrons. The number of carbonyl (C=O) groups is 2. The van der Waals surface area contributed by atoms with E-state index in [2.05, 4.69) is 9.97 Å². The van der Waals surface area contributed by atoms with Crippen LogP contribution in [0.2, 0.25) is 0 Å². The first-order chi connectivity index (χ1) is 15.9. The van der Waals surface area contributed by atoms with Crippen LogP contribution in [0.25, 0.3) is 0 Å². The van der Waals surface area contributed by atoms with Crippen LogP contribution in [-0.2, 0) is 22.3 Å². The molecule has 0 fully saturated rings. The number of hydrogen-bond acceptors (Lipinski definition) is 6. The molecule has 8 nitrogen and oxygen atoms in total. The van der Waals surface area contributed by atoms with Gasteiger partial charge in [-0.2, -0.15) is 0 Å². The van der Waals surface area contributed by atoms with Crippen LogP contribution in [0.1, 0.15) is 66.1 Å². The Bertz CT molecular complexity index is 1060. The van der Waals surface area contributed by atoms with E-state index in [1.54, 1.807) is 0 Å². The lowest BCUT2D eigenvalue weighted by Gasteiger charge is -2.19. The number of ether oxygens (including phenoxy) is 2. The number of rotatable bonds is 9. The molecule has 0 amide bonds. The van der Waals surface area contributed by atoms with E-state index in [-0.39, 0.29) is 19.1 Å². The molecule has 0 aliphatic heterocycles. The van der Waals surface area contributed by atoms with Gasteiger partial charge in [-0.25, -0.2) is 9.59 Å². The van der Waals surface area contributed by atoms with Crippen LogP contribution in [0.15, 0.2) is 30.3 Å². The molecule has 0 aliphatic carbocycles. The van der Waals surface area contributed by atoms with Crippen molar-refractivity contribution in [1.82, 2.24) is 9.97 Å². The van der Waals surface area contributed by atoms with Gasteiger partial charge >= 0.3 is 11.9 Å². The lowest BCUT2D eigenvalue weighted by atomic mass is 9.87. The summed E-state index contributed by atoms with van der Waals surface area (Å²) in [6, 6.07) is 9.70. The van der Waals surface area contributed by atoms with Crippen molar-refractivity contribution in [3.63, 3.8) is 0 Å². The van der Waals surface area contributed by atoms with E-state index >= 15 is 0 Å². The summed E-state index contributed by atoms with van der Waals surface area (Å²) >= 11 is 0. The van der Waals surface area contributed by atoms with Crippen LogP contribution in [-0.4, -0.2) is 59.6 Å². The van der Waals surface area contributed by atoms with Crippen molar-refractivity contribution in [2.75, 3.05) is 27.4 Å². The van der Waals surface area contributed by atoms with E-state index in [1.807, 2.05) is 44.2 Å². The Balaban J connectivity index is 2.31. The average molecular weight is 455 g/mol. The van der Waals surface area contributed by atoms with E-state index in [1.165, 1.54) is 14.2 Å². The number of aromatic nitrogens is 2. The number of methoxy groups -OCH3 is 2. The largest absolute Gasteiger partial charge is 0.464 e. The van der Waals surface area contributed by atoms with Gasteiger partial charge in [0.1, 0.15) is 11.4 Å². The second kappa shape index (κ2) is 10.5. The van der Waals surface area contributed by atoms with Gasteiger partial charge in [0.2, 0.25) is 0 Å². The summed E-state index contributed by atoms with van der Waals surface area (Å²) in [5.74, 6) is -1.41. The maximum absolute atomic E-state index is 12.5. The maximum Gasteiger partial charge on any atom is 0.354 e. The molecule has 0 spiro atoms. The molecule has 3 aromatic rings. The Kier molecular flexibility index (Phi) is 7.73. The highest BCUT2D eigenvalue weighted by Gasteiger charge is 2.31. The van der Waals surface area contributed by atoms with Gasteiger partial charge in [0.25, 0.3) is 0 Å². The summed E-state index contributed by atoms with van der Waals surface area (Å²) in [6.07, 6.45) is 0.586. The van der Waals surface area contributed by atoms with Gasteiger partial charge in [-0.05, 0) is 54.5 Å². The first-order valence-corrected chi connectivity index (χ1v) is 10.7. The molecule has 0 unspecified atom stereocenters. The van der Waals surface area contributed by atoms with Crippen molar-refractivity contribution in [3.05, 3.63) is 80.9 Å². The van der Waals surface area contributed by atoms with E-state index in [0.717, 1.165) is 28.1 Å². The first kappa shape index (κ1) is 24.3. The van der Waals surface area contributed by atoms with Crippen molar-refractivity contribution in [2.24, 2.45) is 0 Å². The van der Waals surface area contributed by atoms with Gasteiger partial charge in [-0.15, -0.1) is 0 Å². The molecule has 3 rings (SSSR count). The van der Waals surface area contributed by atoms with Gasteiger partial charge in [-0.1, -0.05) is 30.3 Å². The number of hydrogen-bond donors (Lipinski definition) is 4. The van der Waals surface area contributed by atoms with Crippen LogP contribution < -0.4 is 0 Å². The van der Waals surface area contributed by atoms with E-state index in [0.29, 0.717) is 35.4 Å². The summed E-state index contributed by atoms with van der Waals surface area (Å²) in [7, 11) is 2.63. The van der Waals surface area contributed by atoms with E-state index in [4.69, 9.17) is 9.47 Å². The Hall–Kier alpha value is -3.36. The van der Waals surface area contributed by atoms with Crippen molar-refractivity contribution >= 4 is 11.9 Å². The van der Waals surface area contributed by atoms with Crippen LogP contribution in [0.5, 0.6) is 0 Å². The highest BCUT2D eigenvalue weighted by atomic mass is 16.5. The molecule has 0 saturated heterocycles. The summed E-state index contributed by atoms with van der Waals surface area (Å²) in [5.41, 5.74) is 6.07. The minimum absolute atomic E-state index is 0.118. The first-order valence-electron chi connectivity index (χ1n) is 10.7. The number of nitrogens with one attached hydrogen (secondary N) is 2. The van der Waals surface area contributed by atoms with Crippen LogP contribution in [0, 0.1) is 13.8 Å². The lowest BCUT2D eigenvalue weighted by molar-refractivity contribution is 0.0584. The monoisotopic (exact) mass is 454 g/mol.